The molecule has 2 aromatic heterocycles. The summed E-state index contributed by atoms with van der Waals surface area (Å²) in [7, 11) is 1.47. The van der Waals surface area contributed by atoms with E-state index in [9.17, 15) is 14.4 Å². The van der Waals surface area contributed by atoms with Crippen LogP contribution in [0.4, 0.5) is 0 Å². The maximum Gasteiger partial charge on any atom is 0.264 e. The van der Waals surface area contributed by atoms with Gasteiger partial charge in [-0.3, -0.25) is 14.4 Å². The van der Waals surface area contributed by atoms with Crippen molar-refractivity contribution in [2.45, 2.75) is 31.8 Å². The predicted molar refractivity (Wildman–Crippen MR) is 107 cm³/mol. The smallest absolute Gasteiger partial charge is 0.264 e. The van der Waals surface area contributed by atoms with Gasteiger partial charge in [-0.25, -0.2) is 0 Å². The van der Waals surface area contributed by atoms with E-state index in [4.69, 9.17) is 0 Å². The molecular formula is C21H22N4O3. The SMILES string of the molecule is CNC(=O)c1cc(C(=O)NC2CC2)cn(C(C)c2cccc3[nH]ccc23)c1=O. The Morgan fingerprint density at radius 2 is 2.00 bits per heavy atom. The minimum absolute atomic E-state index is 0.0426. The van der Waals surface area contributed by atoms with Crippen LogP contribution in [0.5, 0.6) is 0 Å². The molecule has 1 fully saturated rings. The molecule has 0 bridgehead atoms. The molecule has 144 valence electrons. The second-order valence-electron chi connectivity index (χ2n) is 7.14. The molecule has 2 heterocycles. The van der Waals surface area contributed by atoms with Crippen LogP contribution in [0.2, 0.25) is 0 Å². The number of fused-ring (bicyclic) bond motifs is 1. The molecule has 4 rings (SSSR count). The number of hydrogen-bond donors (Lipinski definition) is 3. The van der Waals surface area contributed by atoms with Crippen LogP contribution < -0.4 is 16.2 Å². The summed E-state index contributed by atoms with van der Waals surface area (Å²) >= 11 is 0. The normalized spacial score (nSPS) is 14.6. The summed E-state index contributed by atoms with van der Waals surface area (Å²) in [5.41, 5.74) is 1.73. The zero-order valence-corrected chi connectivity index (χ0v) is 15.8. The summed E-state index contributed by atoms with van der Waals surface area (Å²) in [6, 6.07) is 8.98. The molecule has 0 aliphatic heterocycles. The second kappa shape index (κ2) is 6.99. The number of aromatic amines is 1. The zero-order chi connectivity index (χ0) is 19.8. The maximum atomic E-state index is 13.0. The van der Waals surface area contributed by atoms with Gasteiger partial charge in [-0.2, -0.15) is 0 Å². The van der Waals surface area contributed by atoms with Crippen molar-refractivity contribution in [3.63, 3.8) is 0 Å². The number of rotatable bonds is 5. The van der Waals surface area contributed by atoms with Crippen LogP contribution in [0.15, 0.2) is 47.5 Å². The molecule has 3 aromatic rings. The maximum absolute atomic E-state index is 13.0. The molecule has 7 heteroatoms. The van der Waals surface area contributed by atoms with Crippen LogP contribution in [-0.2, 0) is 0 Å². The first-order valence-corrected chi connectivity index (χ1v) is 9.34. The molecule has 1 atom stereocenters. The Morgan fingerprint density at radius 3 is 2.71 bits per heavy atom. The predicted octanol–water partition coefficient (Wildman–Crippen LogP) is 2.19. The number of benzene rings is 1. The molecule has 7 nitrogen and oxygen atoms in total. The van der Waals surface area contributed by atoms with Gasteiger partial charge in [0.2, 0.25) is 0 Å². The minimum atomic E-state index is -0.508. The van der Waals surface area contributed by atoms with Crippen LogP contribution in [0.1, 0.15) is 52.1 Å². The number of nitrogens with zero attached hydrogens (tertiary/aromatic N) is 1. The summed E-state index contributed by atoms with van der Waals surface area (Å²) in [6.45, 7) is 1.89. The summed E-state index contributed by atoms with van der Waals surface area (Å²) in [6.07, 6.45) is 5.31. The topological polar surface area (TPSA) is 96.0 Å². The second-order valence-corrected chi connectivity index (χ2v) is 7.14. The van der Waals surface area contributed by atoms with Crippen LogP contribution in [0.3, 0.4) is 0 Å². The Morgan fingerprint density at radius 1 is 1.21 bits per heavy atom. The van der Waals surface area contributed by atoms with Gasteiger partial charge >= 0.3 is 0 Å². The fourth-order valence-electron chi connectivity index (χ4n) is 3.43. The fourth-order valence-corrected chi connectivity index (χ4v) is 3.43. The van der Waals surface area contributed by atoms with Crippen molar-refractivity contribution >= 4 is 22.7 Å². The molecule has 0 spiro atoms. The summed E-state index contributed by atoms with van der Waals surface area (Å²) < 4.78 is 1.47. The lowest BCUT2D eigenvalue weighted by molar-refractivity contribution is 0.0950. The van der Waals surface area contributed by atoms with Crippen molar-refractivity contribution in [1.29, 1.82) is 0 Å². The highest BCUT2D eigenvalue weighted by Crippen LogP contribution is 2.26. The lowest BCUT2D eigenvalue weighted by atomic mass is 10.0. The first-order chi connectivity index (χ1) is 13.5. The lowest BCUT2D eigenvalue weighted by Gasteiger charge is -2.19. The lowest BCUT2D eigenvalue weighted by Crippen LogP contribution is -2.35. The minimum Gasteiger partial charge on any atom is -0.361 e. The first-order valence-electron chi connectivity index (χ1n) is 9.34. The average molecular weight is 378 g/mol. The molecule has 1 unspecified atom stereocenters. The van der Waals surface area contributed by atoms with Gasteiger partial charge in [0.15, 0.2) is 0 Å². The fraction of sp³-hybridized carbons (Fsp3) is 0.286. The number of aromatic nitrogens is 2. The molecule has 1 aromatic carbocycles. The molecule has 0 radical (unpaired) electrons. The highest BCUT2D eigenvalue weighted by Gasteiger charge is 2.26. The van der Waals surface area contributed by atoms with Crippen molar-refractivity contribution in [1.82, 2.24) is 20.2 Å². The number of amides is 2. The standard InChI is InChI=1S/C21H22N4O3/c1-12(15-4-3-5-18-16(15)8-9-23-18)25-11-13(19(26)24-14-6-7-14)10-17(21(25)28)20(27)22-2/h3-5,8-12,14,23H,6-7H2,1-2H3,(H,22,27)(H,24,26). The van der Waals surface area contributed by atoms with E-state index in [1.165, 1.54) is 17.7 Å². The van der Waals surface area contributed by atoms with Gasteiger partial charge in [0, 0.05) is 36.4 Å². The number of nitrogens with one attached hydrogen (secondary N) is 3. The van der Waals surface area contributed by atoms with Crippen molar-refractivity contribution < 1.29 is 9.59 Å². The number of pyridine rings is 1. The van der Waals surface area contributed by atoms with Crippen LogP contribution in [0, 0.1) is 0 Å². The summed E-state index contributed by atoms with van der Waals surface area (Å²) in [5.74, 6) is -0.777. The summed E-state index contributed by atoms with van der Waals surface area (Å²) in [5, 5.41) is 6.39. The molecule has 1 aliphatic carbocycles. The summed E-state index contributed by atoms with van der Waals surface area (Å²) in [4.78, 5) is 41.0. The van der Waals surface area contributed by atoms with E-state index in [0.717, 1.165) is 29.3 Å². The van der Waals surface area contributed by atoms with Crippen LogP contribution in [0.25, 0.3) is 10.9 Å². The largest absolute Gasteiger partial charge is 0.361 e. The Kier molecular flexibility index (Phi) is 4.50. The van der Waals surface area contributed by atoms with E-state index in [-0.39, 0.29) is 23.6 Å². The molecule has 1 aliphatic rings. The van der Waals surface area contributed by atoms with Gasteiger partial charge in [-0.1, -0.05) is 12.1 Å². The number of carbonyl (C=O) groups is 2. The molecule has 28 heavy (non-hydrogen) atoms. The van der Waals surface area contributed by atoms with Crippen molar-refractivity contribution in [2.75, 3.05) is 7.05 Å². The molecule has 1 saturated carbocycles. The van der Waals surface area contributed by atoms with E-state index < -0.39 is 11.5 Å². The highest BCUT2D eigenvalue weighted by molar-refractivity contribution is 5.99. The van der Waals surface area contributed by atoms with E-state index in [1.54, 1.807) is 6.20 Å². The highest BCUT2D eigenvalue weighted by atomic mass is 16.2. The average Bonchev–Trinajstić information content (AvgIpc) is 3.38. The monoisotopic (exact) mass is 378 g/mol. The molecule has 0 saturated heterocycles. The Hall–Kier alpha value is -3.35. The van der Waals surface area contributed by atoms with Gasteiger partial charge in [0.1, 0.15) is 5.56 Å². The van der Waals surface area contributed by atoms with Gasteiger partial charge in [0.25, 0.3) is 17.4 Å². The van der Waals surface area contributed by atoms with E-state index in [2.05, 4.69) is 15.6 Å². The van der Waals surface area contributed by atoms with Crippen molar-refractivity contribution in [3.8, 4) is 0 Å². The molecule has 2 amide bonds. The number of hydrogen-bond acceptors (Lipinski definition) is 3. The van der Waals surface area contributed by atoms with E-state index >= 15 is 0 Å². The van der Waals surface area contributed by atoms with Gasteiger partial charge in [-0.05, 0) is 43.5 Å². The van der Waals surface area contributed by atoms with E-state index in [0.29, 0.717) is 5.56 Å². The third-order valence-corrected chi connectivity index (χ3v) is 5.19. The van der Waals surface area contributed by atoms with Gasteiger partial charge in [-0.15, -0.1) is 0 Å². The number of H-pyrrole nitrogens is 1. The van der Waals surface area contributed by atoms with Crippen molar-refractivity contribution in [2.24, 2.45) is 0 Å². The zero-order valence-electron chi connectivity index (χ0n) is 15.8. The quantitative estimate of drug-likeness (QED) is 0.635. The van der Waals surface area contributed by atoms with Crippen LogP contribution >= 0.6 is 0 Å². The van der Waals surface area contributed by atoms with Crippen LogP contribution in [-0.4, -0.2) is 34.5 Å². The van der Waals surface area contributed by atoms with Gasteiger partial charge in [0.05, 0.1) is 11.6 Å². The Balaban J connectivity index is 1.84. The third kappa shape index (κ3) is 3.19. The first kappa shape index (κ1) is 18.0. The van der Waals surface area contributed by atoms with Gasteiger partial charge < -0.3 is 20.2 Å². The van der Waals surface area contributed by atoms with Crippen molar-refractivity contribution in [3.05, 3.63) is 69.8 Å². The van der Waals surface area contributed by atoms with E-state index in [1.807, 2.05) is 37.4 Å². The Labute approximate surface area is 161 Å². The molecular weight excluding hydrogens is 356 g/mol. The number of carbonyl (C=O) groups excluding carboxylic acids is 2. The Bertz CT molecular complexity index is 1120. The third-order valence-electron chi connectivity index (χ3n) is 5.19. The molecule has 3 N–H and O–H groups in total.